The van der Waals surface area contributed by atoms with Gasteiger partial charge in [0, 0.05) is 49.4 Å². The van der Waals surface area contributed by atoms with Crippen molar-refractivity contribution in [1.82, 2.24) is 0 Å². The Labute approximate surface area is 364 Å². The Morgan fingerprint density at radius 3 is 1.70 bits per heavy atom. The number of benzene rings is 12. The lowest BCUT2D eigenvalue weighted by Crippen LogP contribution is -2.12. The van der Waals surface area contributed by atoms with E-state index < -0.39 is 0 Å². The first kappa shape index (κ1) is 35.4. The molecule has 0 bridgehead atoms. The maximum atomic E-state index is 6.79. The molecular weight excluding hydrogens is 765 g/mol. The van der Waals surface area contributed by atoms with E-state index in [0.717, 1.165) is 56.1 Å². The molecule has 0 radical (unpaired) electrons. The third kappa shape index (κ3) is 5.53. The SMILES string of the molecule is c1ccc(-c2ccc(N(c3ccc4c5ccccc5c5c(N(c6ccccc6)c6ccc7ccccc7c6)ccc6ccc3c4c65)c3cccc4c3oc3ccccc34)cc2)cc1. The number of fused-ring (bicyclic) bond motifs is 7. The molecule has 1 aromatic heterocycles. The van der Waals surface area contributed by atoms with Gasteiger partial charge in [-0.15, -0.1) is 0 Å². The largest absolute Gasteiger partial charge is 0.454 e. The van der Waals surface area contributed by atoms with Crippen LogP contribution >= 0.6 is 0 Å². The second-order valence-electron chi connectivity index (χ2n) is 16.4. The summed E-state index contributed by atoms with van der Waals surface area (Å²) >= 11 is 0. The molecule has 0 saturated heterocycles. The van der Waals surface area contributed by atoms with Crippen LogP contribution in [0.4, 0.5) is 34.1 Å². The second kappa shape index (κ2) is 14.1. The predicted octanol–water partition coefficient (Wildman–Crippen LogP) is 17.4. The van der Waals surface area contributed by atoms with Gasteiger partial charge in [-0.3, -0.25) is 0 Å². The average Bonchev–Trinajstić information content (AvgIpc) is 3.74. The van der Waals surface area contributed by atoms with Crippen LogP contribution in [-0.4, -0.2) is 0 Å². The Bertz CT molecular complexity index is 3850. The van der Waals surface area contributed by atoms with Crippen molar-refractivity contribution in [2.45, 2.75) is 0 Å². The fourth-order valence-electron chi connectivity index (χ4n) is 10.1. The number of hydrogen-bond donors (Lipinski definition) is 0. The number of furan rings is 1. The number of rotatable bonds is 7. The average molecular weight is 803 g/mol. The Morgan fingerprint density at radius 2 is 0.857 bits per heavy atom. The molecule has 0 amide bonds. The highest BCUT2D eigenvalue weighted by Crippen LogP contribution is 2.52. The Kier molecular flexibility index (Phi) is 7.91. The van der Waals surface area contributed by atoms with Gasteiger partial charge in [0.05, 0.1) is 17.1 Å². The van der Waals surface area contributed by atoms with Gasteiger partial charge >= 0.3 is 0 Å². The van der Waals surface area contributed by atoms with Gasteiger partial charge in [0.25, 0.3) is 0 Å². The third-order valence-electron chi connectivity index (χ3n) is 12.9. The third-order valence-corrected chi connectivity index (χ3v) is 12.9. The molecule has 0 N–H and O–H groups in total. The van der Waals surface area contributed by atoms with Gasteiger partial charge < -0.3 is 14.2 Å². The summed E-state index contributed by atoms with van der Waals surface area (Å²) in [6, 6.07) is 83.5. The lowest BCUT2D eigenvalue weighted by Gasteiger charge is -2.30. The van der Waals surface area contributed by atoms with Crippen molar-refractivity contribution in [2.75, 3.05) is 9.80 Å². The molecule has 0 atom stereocenters. The van der Waals surface area contributed by atoms with Crippen molar-refractivity contribution in [3.05, 3.63) is 231 Å². The fraction of sp³-hybridized carbons (Fsp3) is 0. The smallest absolute Gasteiger partial charge is 0.159 e. The first-order chi connectivity index (χ1) is 31.3. The number of nitrogens with zero attached hydrogens (tertiary/aromatic N) is 2. The molecule has 0 aliphatic rings. The molecule has 0 fully saturated rings. The zero-order valence-corrected chi connectivity index (χ0v) is 34.2. The first-order valence-corrected chi connectivity index (χ1v) is 21.6. The number of hydrogen-bond acceptors (Lipinski definition) is 3. The number of anilines is 6. The zero-order valence-electron chi connectivity index (χ0n) is 34.2. The summed E-state index contributed by atoms with van der Waals surface area (Å²) in [5.74, 6) is 0. The summed E-state index contributed by atoms with van der Waals surface area (Å²) in [5, 5.41) is 14.4. The summed E-state index contributed by atoms with van der Waals surface area (Å²) in [7, 11) is 0. The number of para-hydroxylation sites is 3. The van der Waals surface area contributed by atoms with Crippen LogP contribution in [0, 0.1) is 0 Å². The molecule has 12 aromatic carbocycles. The standard InChI is InChI=1S/C60H38N2O/c1-3-14-39(15-4-1)41-26-31-45(32-27-41)62(55-24-13-23-51-48-21-11-12-25-56(48)63-60(51)55)53-37-35-50-47-20-9-10-22-49(47)59-54(36-30-42-29-34-52(53)58(50)57(42)59)61(44-18-5-2-6-19-44)46-33-28-40-16-7-8-17-43(40)38-46/h1-38H. The highest BCUT2D eigenvalue weighted by atomic mass is 16.3. The first-order valence-electron chi connectivity index (χ1n) is 21.6. The van der Waals surface area contributed by atoms with Crippen LogP contribution in [0.2, 0.25) is 0 Å². The van der Waals surface area contributed by atoms with E-state index in [-0.39, 0.29) is 0 Å². The van der Waals surface area contributed by atoms with E-state index in [0.29, 0.717) is 0 Å². The van der Waals surface area contributed by atoms with Crippen molar-refractivity contribution in [3.8, 4) is 11.1 Å². The van der Waals surface area contributed by atoms with E-state index in [1.165, 1.54) is 65.0 Å². The van der Waals surface area contributed by atoms with Crippen LogP contribution in [0.25, 0.3) is 86.9 Å². The molecule has 3 nitrogen and oxygen atoms in total. The van der Waals surface area contributed by atoms with E-state index in [1.807, 2.05) is 6.07 Å². The van der Waals surface area contributed by atoms with Crippen LogP contribution in [0.5, 0.6) is 0 Å². The predicted molar refractivity (Wildman–Crippen MR) is 267 cm³/mol. The molecule has 63 heavy (non-hydrogen) atoms. The minimum Gasteiger partial charge on any atom is -0.454 e. The fourth-order valence-corrected chi connectivity index (χ4v) is 10.1. The molecule has 13 rings (SSSR count). The van der Waals surface area contributed by atoms with Crippen molar-refractivity contribution in [2.24, 2.45) is 0 Å². The zero-order chi connectivity index (χ0) is 41.4. The monoisotopic (exact) mass is 802 g/mol. The lowest BCUT2D eigenvalue weighted by atomic mass is 9.87. The summed E-state index contributed by atoms with van der Waals surface area (Å²) in [6.07, 6.45) is 0. The molecule has 0 saturated carbocycles. The lowest BCUT2D eigenvalue weighted by molar-refractivity contribution is 0.669. The second-order valence-corrected chi connectivity index (χ2v) is 16.4. The van der Waals surface area contributed by atoms with E-state index in [4.69, 9.17) is 4.42 Å². The van der Waals surface area contributed by atoms with Crippen LogP contribution in [0.1, 0.15) is 0 Å². The highest BCUT2D eigenvalue weighted by molar-refractivity contribution is 6.37. The van der Waals surface area contributed by atoms with Gasteiger partial charge in [0.1, 0.15) is 5.58 Å². The Hall–Kier alpha value is -8.40. The van der Waals surface area contributed by atoms with Crippen LogP contribution in [0.15, 0.2) is 235 Å². The van der Waals surface area contributed by atoms with Gasteiger partial charge in [-0.25, -0.2) is 0 Å². The van der Waals surface area contributed by atoms with Crippen molar-refractivity contribution >= 4 is 110 Å². The van der Waals surface area contributed by atoms with Gasteiger partial charge in [-0.1, -0.05) is 170 Å². The van der Waals surface area contributed by atoms with E-state index in [1.54, 1.807) is 0 Å². The van der Waals surface area contributed by atoms with Gasteiger partial charge in [0.2, 0.25) is 0 Å². The van der Waals surface area contributed by atoms with E-state index in [9.17, 15) is 0 Å². The molecule has 0 aliphatic carbocycles. The molecule has 3 heteroatoms. The van der Waals surface area contributed by atoms with Gasteiger partial charge in [0.15, 0.2) is 5.58 Å². The molecule has 0 spiro atoms. The molecule has 294 valence electrons. The molecular formula is C60H38N2O. The molecule has 13 aromatic rings. The summed E-state index contributed by atoms with van der Waals surface area (Å²) in [5.41, 5.74) is 10.6. The van der Waals surface area contributed by atoms with Crippen molar-refractivity contribution in [3.63, 3.8) is 0 Å². The quantitative estimate of drug-likeness (QED) is 0.118. The van der Waals surface area contributed by atoms with Gasteiger partial charge in [-0.05, 0) is 104 Å². The van der Waals surface area contributed by atoms with Gasteiger partial charge in [-0.2, -0.15) is 0 Å². The minimum atomic E-state index is 0.859. The summed E-state index contributed by atoms with van der Waals surface area (Å²) in [6.45, 7) is 0. The topological polar surface area (TPSA) is 19.6 Å². The van der Waals surface area contributed by atoms with Crippen LogP contribution in [-0.2, 0) is 0 Å². The van der Waals surface area contributed by atoms with Crippen molar-refractivity contribution < 1.29 is 4.42 Å². The maximum Gasteiger partial charge on any atom is 0.159 e. The Balaban J connectivity index is 1.11. The maximum absolute atomic E-state index is 6.79. The van der Waals surface area contributed by atoms with Crippen molar-refractivity contribution in [1.29, 1.82) is 0 Å². The molecule has 1 heterocycles. The molecule has 0 aliphatic heterocycles. The summed E-state index contributed by atoms with van der Waals surface area (Å²) in [4.78, 5) is 4.84. The highest BCUT2D eigenvalue weighted by Gasteiger charge is 2.26. The van der Waals surface area contributed by atoms with E-state index >= 15 is 0 Å². The van der Waals surface area contributed by atoms with Crippen LogP contribution in [0.3, 0.4) is 0 Å². The summed E-state index contributed by atoms with van der Waals surface area (Å²) < 4.78 is 6.79. The van der Waals surface area contributed by atoms with E-state index in [2.05, 4.69) is 234 Å². The molecule has 0 unspecified atom stereocenters. The minimum absolute atomic E-state index is 0.859. The normalized spacial score (nSPS) is 11.8. The Morgan fingerprint density at radius 1 is 0.270 bits per heavy atom. The van der Waals surface area contributed by atoms with Crippen LogP contribution < -0.4 is 9.80 Å².